The fourth-order valence-corrected chi connectivity index (χ4v) is 2.15. The Hall–Kier alpha value is -0.0400. The average molecular weight is 183 g/mol. The molecule has 1 saturated carbocycles. The van der Waals surface area contributed by atoms with Gasteiger partial charge in [0.2, 0.25) is 0 Å². The zero-order chi connectivity index (χ0) is 9.84. The second-order valence-electron chi connectivity index (χ2n) is 4.97. The highest BCUT2D eigenvalue weighted by atomic mass is 15.2. The van der Waals surface area contributed by atoms with Crippen LogP contribution in [0.15, 0.2) is 0 Å². The van der Waals surface area contributed by atoms with Gasteiger partial charge in [0.05, 0.1) is 0 Å². The Kier molecular flexibility index (Phi) is 4.24. The van der Waals surface area contributed by atoms with E-state index in [1.165, 1.54) is 32.1 Å². The Morgan fingerprint density at radius 1 is 1.31 bits per heavy atom. The van der Waals surface area contributed by atoms with Crippen LogP contribution in [0.4, 0.5) is 0 Å². The maximum Gasteiger partial charge on any atom is 0.00974 e. The minimum absolute atomic E-state index is 0.845. The third-order valence-electron chi connectivity index (χ3n) is 3.06. The number of hydrogen-bond acceptors (Lipinski definition) is 1. The molecule has 1 heteroatoms. The fourth-order valence-electron chi connectivity index (χ4n) is 2.15. The molecule has 0 radical (unpaired) electrons. The van der Waals surface area contributed by atoms with Gasteiger partial charge in [-0.3, -0.25) is 0 Å². The smallest absolute Gasteiger partial charge is 0.00974 e. The first kappa shape index (κ1) is 11.0. The van der Waals surface area contributed by atoms with Crippen molar-refractivity contribution < 1.29 is 0 Å². The Morgan fingerprint density at radius 2 is 1.92 bits per heavy atom. The van der Waals surface area contributed by atoms with Crippen molar-refractivity contribution >= 4 is 0 Å². The van der Waals surface area contributed by atoms with Crippen molar-refractivity contribution in [2.24, 2.45) is 5.92 Å². The first-order valence-corrected chi connectivity index (χ1v) is 5.87. The lowest BCUT2D eigenvalue weighted by Crippen LogP contribution is -2.34. The molecule has 13 heavy (non-hydrogen) atoms. The van der Waals surface area contributed by atoms with Gasteiger partial charge in [-0.05, 0) is 38.6 Å². The normalized spacial score (nSPS) is 19.8. The van der Waals surface area contributed by atoms with Crippen LogP contribution in [0.25, 0.3) is 0 Å². The molecule has 0 saturated heterocycles. The lowest BCUT2D eigenvalue weighted by molar-refractivity contribution is 0.192. The maximum absolute atomic E-state index is 2.63. The molecule has 1 aliphatic rings. The summed E-state index contributed by atoms with van der Waals surface area (Å²) in [6.07, 6.45) is 6.96. The van der Waals surface area contributed by atoms with E-state index >= 15 is 0 Å². The third-order valence-corrected chi connectivity index (χ3v) is 3.06. The zero-order valence-corrected chi connectivity index (χ0v) is 9.71. The first-order chi connectivity index (χ1) is 6.15. The molecule has 0 spiro atoms. The predicted molar refractivity (Wildman–Crippen MR) is 58.9 cm³/mol. The summed E-state index contributed by atoms with van der Waals surface area (Å²) in [5.74, 6) is 0.845. The first-order valence-electron chi connectivity index (χ1n) is 5.87. The molecule has 0 N–H and O–H groups in total. The summed E-state index contributed by atoms with van der Waals surface area (Å²) < 4.78 is 0. The van der Waals surface area contributed by atoms with Crippen molar-refractivity contribution in [2.75, 3.05) is 7.05 Å². The van der Waals surface area contributed by atoms with Crippen molar-refractivity contribution in [3.63, 3.8) is 0 Å². The second kappa shape index (κ2) is 4.99. The maximum atomic E-state index is 2.63. The van der Waals surface area contributed by atoms with Crippen LogP contribution in [0.2, 0.25) is 0 Å². The van der Waals surface area contributed by atoms with Crippen LogP contribution in [0.3, 0.4) is 0 Å². The predicted octanol–water partition coefficient (Wildman–Crippen LogP) is 3.30. The van der Waals surface area contributed by atoms with Crippen molar-refractivity contribution in [1.29, 1.82) is 0 Å². The van der Waals surface area contributed by atoms with E-state index in [1.807, 2.05) is 0 Å². The summed E-state index contributed by atoms with van der Waals surface area (Å²) in [5.41, 5.74) is 0. The lowest BCUT2D eigenvalue weighted by atomic mass is 9.99. The summed E-state index contributed by atoms with van der Waals surface area (Å²) in [6.45, 7) is 6.97. The molecule has 78 valence electrons. The van der Waals surface area contributed by atoms with Gasteiger partial charge in [0.15, 0.2) is 0 Å². The van der Waals surface area contributed by atoms with E-state index in [0.717, 1.165) is 18.0 Å². The van der Waals surface area contributed by atoms with Gasteiger partial charge in [0.1, 0.15) is 0 Å². The zero-order valence-electron chi connectivity index (χ0n) is 9.71. The lowest BCUT2D eigenvalue weighted by Gasteiger charge is -2.29. The summed E-state index contributed by atoms with van der Waals surface area (Å²) >= 11 is 0. The highest BCUT2D eigenvalue weighted by Crippen LogP contribution is 2.30. The van der Waals surface area contributed by atoms with E-state index in [2.05, 4.69) is 32.7 Å². The van der Waals surface area contributed by atoms with E-state index < -0.39 is 0 Å². The van der Waals surface area contributed by atoms with Crippen LogP contribution < -0.4 is 0 Å². The summed E-state index contributed by atoms with van der Waals surface area (Å²) in [4.78, 5) is 2.63. The molecule has 0 bridgehead atoms. The van der Waals surface area contributed by atoms with Crippen molar-refractivity contribution in [1.82, 2.24) is 4.90 Å². The molecule has 0 aromatic carbocycles. The SMILES string of the molecule is CCCC(CC(C)C)N(C)C1CC1. The topological polar surface area (TPSA) is 3.24 Å². The monoisotopic (exact) mass is 183 g/mol. The van der Waals surface area contributed by atoms with Gasteiger partial charge in [-0.1, -0.05) is 27.2 Å². The number of hydrogen-bond donors (Lipinski definition) is 0. The van der Waals surface area contributed by atoms with E-state index in [-0.39, 0.29) is 0 Å². The summed E-state index contributed by atoms with van der Waals surface area (Å²) in [6, 6.07) is 1.77. The number of nitrogens with zero attached hydrogens (tertiary/aromatic N) is 1. The molecule has 1 atom stereocenters. The van der Waals surface area contributed by atoms with Crippen LogP contribution in [-0.2, 0) is 0 Å². The van der Waals surface area contributed by atoms with Gasteiger partial charge in [0.25, 0.3) is 0 Å². The highest BCUT2D eigenvalue weighted by Gasteiger charge is 2.30. The van der Waals surface area contributed by atoms with Crippen LogP contribution in [-0.4, -0.2) is 24.0 Å². The van der Waals surface area contributed by atoms with Crippen LogP contribution in [0.5, 0.6) is 0 Å². The Balaban J connectivity index is 2.34. The fraction of sp³-hybridized carbons (Fsp3) is 1.00. The molecule has 1 unspecified atom stereocenters. The molecule has 0 aromatic heterocycles. The molecular formula is C12H25N. The van der Waals surface area contributed by atoms with Gasteiger partial charge < -0.3 is 4.90 Å². The Morgan fingerprint density at radius 3 is 2.31 bits per heavy atom. The van der Waals surface area contributed by atoms with Crippen LogP contribution in [0, 0.1) is 5.92 Å². The molecule has 0 aliphatic heterocycles. The summed E-state index contributed by atoms with van der Waals surface area (Å²) in [7, 11) is 2.32. The molecule has 0 heterocycles. The van der Waals surface area contributed by atoms with Crippen molar-refractivity contribution in [3.8, 4) is 0 Å². The van der Waals surface area contributed by atoms with E-state index in [0.29, 0.717) is 0 Å². The van der Waals surface area contributed by atoms with Crippen LogP contribution in [0.1, 0.15) is 52.9 Å². The van der Waals surface area contributed by atoms with Gasteiger partial charge in [-0.15, -0.1) is 0 Å². The van der Waals surface area contributed by atoms with Gasteiger partial charge >= 0.3 is 0 Å². The standard InChI is InChI=1S/C12H25N/c1-5-6-12(9-10(2)3)13(4)11-7-8-11/h10-12H,5-9H2,1-4H3. The average Bonchev–Trinajstić information content (AvgIpc) is 2.84. The van der Waals surface area contributed by atoms with Crippen molar-refractivity contribution in [2.45, 2.75) is 65.0 Å². The van der Waals surface area contributed by atoms with Crippen molar-refractivity contribution in [3.05, 3.63) is 0 Å². The largest absolute Gasteiger partial charge is 0.300 e. The third kappa shape index (κ3) is 3.68. The molecule has 1 fully saturated rings. The molecule has 1 aliphatic carbocycles. The van der Waals surface area contributed by atoms with E-state index in [1.54, 1.807) is 0 Å². The highest BCUT2D eigenvalue weighted by molar-refractivity contribution is 4.86. The summed E-state index contributed by atoms with van der Waals surface area (Å²) in [5, 5.41) is 0. The Labute approximate surface area is 83.5 Å². The molecule has 1 rings (SSSR count). The molecule has 0 aromatic rings. The Bertz CT molecular complexity index is 138. The van der Waals surface area contributed by atoms with Gasteiger partial charge in [0, 0.05) is 12.1 Å². The van der Waals surface area contributed by atoms with E-state index in [9.17, 15) is 0 Å². The van der Waals surface area contributed by atoms with E-state index in [4.69, 9.17) is 0 Å². The molecule has 0 amide bonds. The number of rotatable bonds is 6. The molecular weight excluding hydrogens is 158 g/mol. The van der Waals surface area contributed by atoms with Gasteiger partial charge in [-0.25, -0.2) is 0 Å². The second-order valence-corrected chi connectivity index (χ2v) is 4.97. The van der Waals surface area contributed by atoms with Gasteiger partial charge in [-0.2, -0.15) is 0 Å². The minimum Gasteiger partial charge on any atom is -0.300 e. The minimum atomic E-state index is 0.845. The molecule has 1 nitrogen and oxygen atoms in total. The van der Waals surface area contributed by atoms with Crippen LogP contribution >= 0.6 is 0 Å². The quantitative estimate of drug-likeness (QED) is 0.611.